The minimum atomic E-state index is -0.801. The highest BCUT2D eigenvalue weighted by Crippen LogP contribution is 2.22. The molecule has 19 heavy (non-hydrogen) atoms. The van der Waals surface area contributed by atoms with Gasteiger partial charge in [-0.15, -0.1) is 11.6 Å². The number of amides is 1. The Bertz CT molecular complexity index is 503. The number of carbonyl (C=O) groups is 2. The molecular formula is C13H15ClFNO3. The molecule has 4 nitrogen and oxygen atoms in total. The summed E-state index contributed by atoms with van der Waals surface area (Å²) in [6, 6.07) is 3.68. The number of alkyl halides is 1. The fraction of sp³-hybridized carbons (Fsp3) is 0.385. The average molecular weight is 288 g/mol. The molecule has 1 aromatic carbocycles. The molecular weight excluding hydrogens is 273 g/mol. The van der Waals surface area contributed by atoms with Crippen LogP contribution in [0.2, 0.25) is 0 Å². The maximum atomic E-state index is 13.4. The molecule has 0 bridgehead atoms. The number of benzene rings is 1. The molecule has 0 heterocycles. The van der Waals surface area contributed by atoms with Gasteiger partial charge in [-0.25, -0.2) is 9.18 Å². The Labute approximate surface area is 115 Å². The van der Waals surface area contributed by atoms with E-state index < -0.39 is 17.2 Å². The molecule has 0 spiro atoms. The molecule has 1 aromatic rings. The van der Waals surface area contributed by atoms with Gasteiger partial charge < -0.3 is 10.1 Å². The van der Waals surface area contributed by atoms with E-state index >= 15 is 0 Å². The van der Waals surface area contributed by atoms with Crippen LogP contribution in [0.1, 0.15) is 24.2 Å². The topological polar surface area (TPSA) is 55.4 Å². The zero-order valence-corrected chi connectivity index (χ0v) is 11.7. The van der Waals surface area contributed by atoms with E-state index in [9.17, 15) is 14.0 Å². The van der Waals surface area contributed by atoms with E-state index in [1.165, 1.54) is 12.1 Å². The zero-order valence-electron chi connectivity index (χ0n) is 10.9. The van der Waals surface area contributed by atoms with Crippen LogP contribution in [0.15, 0.2) is 18.2 Å². The Morgan fingerprint density at radius 2 is 2.05 bits per heavy atom. The minimum absolute atomic E-state index is 0.143. The molecule has 0 fully saturated rings. The van der Waals surface area contributed by atoms with Crippen LogP contribution in [0.3, 0.4) is 0 Å². The number of methoxy groups -OCH3 is 1. The number of esters is 1. The van der Waals surface area contributed by atoms with Crippen molar-refractivity contribution in [3.05, 3.63) is 29.6 Å². The number of anilines is 1. The van der Waals surface area contributed by atoms with Gasteiger partial charge in [0, 0.05) is 11.6 Å². The van der Waals surface area contributed by atoms with Gasteiger partial charge in [0.25, 0.3) is 0 Å². The quantitative estimate of drug-likeness (QED) is 0.684. The molecule has 0 aliphatic carbocycles. The monoisotopic (exact) mass is 287 g/mol. The Morgan fingerprint density at radius 3 is 2.58 bits per heavy atom. The van der Waals surface area contributed by atoms with Gasteiger partial charge in [0.15, 0.2) is 0 Å². The predicted molar refractivity (Wildman–Crippen MR) is 70.9 cm³/mol. The second-order valence-electron chi connectivity index (χ2n) is 4.66. The third-order valence-electron chi connectivity index (χ3n) is 2.58. The highest BCUT2D eigenvalue weighted by Gasteiger charge is 2.26. The number of hydrogen-bond donors (Lipinski definition) is 1. The summed E-state index contributed by atoms with van der Waals surface area (Å²) >= 11 is 5.69. The first-order chi connectivity index (χ1) is 8.81. The van der Waals surface area contributed by atoms with E-state index in [0.29, 0.717) is 5.69 Å². The van der Waals surface area contributed by atoms with Crippen molar-refractivity contribution in [3.8, 4) is 0 Å². The summed E-state index contributed by atoms with van der Waals surface area (Å²) in [7, 11) is 1.16. The van der Waals surface area contributed by atoms with E-state index in [-0.39, 0.29) is 17.4 Å². The first-order valence-electron chi connectivity index (χ1n) is 5.57. The summed E-state index contributed by atoms with van der Waals surface area (Å²) in [6.45, 7) is 3.36. The van der Waals surface area contributed by atoms with E-state index in [2.05, 4.69) is 10.1 Å². The number of carbonyl (C=O) groups excluding carboxylic acids is 2. The fourth-order valence-corrected chi connectivity index (χ4v) is 1.35. The average Bonchev–Trinajstić information content (AvgIpc) is 2.39. The van der Waals surface area contributed by atoms with Gasteiger partial charge in [-0.05, 0) is 32.0 Å². The summed E-state index contributed by atoms with van der Waals surface area (Å²) < 4.78 is 17.9. The molecule has 0 radical (unpaired) electrons. The second kappa shape index (κ2) is 6.02. The van der Waals surface area contributed by atoms with Gasteiger partial charge in [0.05, 0.1) is 18.1 Å². The number of rotatable bonds is 4. The van der Waals surface area contributed by atoms with Crippen molar-refractivity contribution in [1.82, 2.24) is 0 Å². The molecule has 0 aromatic heterocycles. The molecule has 0 saturated carbocycles. The van der Waals surface area contributed by atoms with Gasteiger partial charge in [-0.2, -0.15) is 0 Å². The summed E-state index contributed by atoms with van der Waals surface area (Å²) in [5, 5.41) is 2.58. The van der Waals surface area contributed by atoms with Gasteiger partial charge in [0.2, 0.25) is 5.91 Å². The van der Waals surface area contributed by atoms with Crippen LogP contribution in [0.5, 0.6) is 0 Å². The summed E-state index contributed by atoms with van der Waals surface area (Å²) in [5.74, 6) is -1.68. The third kappa shape index (κ3) is 3.67. The maximum absolute atomic E-state index is 13.4. The minimum Gasteiger partial charge on any atom is -0.465 e. The van der Waals surface area contributed by atoms with Gasteiger partial charge >= 0.3 is 5.97 Å². The third-order valence-corrected chi connectivity index (χ3v) is 3.25. The van der Waals surface area contributed by atoms with Crippen molar-refractivity contribution in [1.29, 1.82) is 0 Å². The normalized spacial score (nSPS) is 11.0. The zero-order chi connectivity index (χ0) is 14.6. The molecule has 0 aliphatic heterocycles. The summed E-state index contributed by atoms with van der Waals surface area (Å²) in [5.41, 5.74) is -0.685. The number of nitrogens with one attached hydrogen (secondary N) is 1. The molecule has 0 saturated heterocycles. The molecule has 0 unspecified atom stereocenters. The fourth-order valence-electron chi connectivity index (χ4n) is 1.23. The highest BCUT2D eigenvalue weighted by molar-refractivity contribution is 6.20. The van der Waals surface area contributed by atoms with Crippen molar-refractivity contribution in [2.45, 2.75) is 13.8 Å². The number of ether oxygens (including phenoxy) is 1. The van der Waals surface area contributed by atoms with Crippen LogP contribution in [0.4, 0.5) is 10.1 Å². The van der Waals surface area contributed by atoms with Crippen LogP contribution in [-0.2, 0) is 9.53 Å². The molecule has 6 heteroatoms. The lowest BCUT2D eigenvalue weighted by molar-refractivity contribution is -0.122. The smallest absolute Gasteiger partial charge is 0.340 e. The number of hydrogen-bond acceptors (Lipinski definition) is 3. The molecule has 1 N–H and O–H groups in total. The molecule has 1 rings (SSSR count). The van der Waals surface area contributed by atoms with E-state index in [1.807, 2.05) is 0 Å². The largest absolute Gasteiger partial charge is 0.465 e. The molecule has 1 amide bonds. The van der Waals surface area contributed by atoms with Crippen LogP contribution in [0, 0.1) is 11.2 Å². The molecule has 104 valence electrons. The molecule has 0 atom stereocenters. The molecule has 0 aliphatic rings. The van der Waals surface area contributed by atoms with E-state index in [4.69, 9.17) is 11.6 Å². The van der Waals surface area contributed by atoms with Crippen LogP contribution in [-0.4, -0.2) is 24.9 Å². The Balaban J connectivity index is 2.98. The van der Waals surface area contributed by atoms with Crippen LogP contribution >= 0.6 is 11.6 Å². The first-order valence-corrected chi connectivity index (χ1v) is 6.10. The van der Waals surface area contributed by atoms with Crippen molar-refractivity contribution < 1.29 is 18.7 Å². The van der Waals surface area contributed by atoms with Gasteiger partial charge in [-0.1, -0.05) is 0 Å². The lowest BCUT2D eigenvalue weighted by atomic mass is 9.95. The predicted octanol–water partition coefficient (Wildman–Crippen LogP) is 2.82. The van der Waals surface area contributed by atoms with Crippen LogP contribution in [0.25, 0.3) is 0 Å². The number of halogens is 2. The van der Waals surface area contributed by atoms with Crippen molar-refractivity contribution in [2.24, 2.45) is 5.41 Å². The van der Waals surface area contributed by atoms with Crippen molar-refractivity contribution in [3.63, 3.8) is 0 Å². The standard InChI is InChI=1S/C13H15ClFNO3/c1-13(2,7-14)12(18)16-8-4-5-10(15)9(6-8)11(17)19-3/h4-6H,7H2,1-3H3,(H,16,18). The van der Waals surface area contributed by atoms with Gasteiger partial charge in [-0.3, -0.25) is 4.79 Å². The Kier molecular flexibility index (Phi) is 4.89. The maximum Gasteiger partial charge on any atom is 0.340 e. The summed E-state index contributed by atoms with van der Waals surface area (Å²) in [6.07, 6.45) is 0. The van der Waals surface area contributed by atoms with Gasteiger partial charge in [0.1, 0.15) is 5.82 Å². The van der Waals surface area contributed by atoms with Crippen LogP contribution < -0.4 is 5.32 Å². The lowest BCUT2D eigenvalue weighted by Crippen LogP contribution is -2.32. The lowest BCUT2D eigenvalue weighted by Gasteiger charge is -2.20. The Hall–Kier alpha value is -1.62. The highest BCUT2D eigenvalue weighted by atomic mass is 35.5. The van der Waals surface area contributed by atoms with Crippen molar-refractivity contribution in [2.75, 3.05) is 18.3 Å². The first kappa shape index (κ1) is 15.4. The van der Waals surface area contributed by atoms with Crippen molar-refractivity contribution >= 4 is 29.2 Å². The Morgan fingerprint density at radius 1 is 1.42 bits per heavy atom. The van der Waals surface area contributed by atoms with E-state index in [0.717, 1.165) is 13.2 Å². The SMILES string of the molecule is COC(=O)c1cc(NC(=O)C(C)(C)CCl)ccc1F. The second-order valence-corrected chi connectivity index (χ2v) is 4.93. The van der Waals surface area contributed by atoms with E-state index in [1.54, 1.807) is 13.8 Å². The summed E-state index contributed by atoms with van der Waals surface area (Å²) in [4.78, 5) is 23.2.